The number of anilines is 3. The van der Waals surface area contributed by atoms with Crippen LogP contribution in [0.25, 0.3) is 11.1 Å². The number of halogens is 3. The zero-order valence-electron chi connectivity index (χ0n) is 21.1. The molecule has 1 aromatic heterocycles. The largest absolute Gasteiger partial charge is 0.447 e. The first kappa shape index (κ1) is 26.1. The first-order valence-corrected chi connectivity index (χ1v) is 12.7. The van der Waals surface area contributed by atoms with Crippen molar-refractivity contribution in [2.75, 3.05) is 67.7 Å². The minimum Gasteiger partial charge on any atom is -0.447 e. The first-order chi connectivity index (χ1) is 18.2. The number of nitrogens with one attached hydrogen (secondary N) is 1. The number of urea groups is 1. The second-order valence-corrected chi connectivity index (χ2v) is 9.82. The van der Waals surface area contributed by atoms with Crippen molar-refractivity contribution in [1.82, 2.24) is 9.88 Å². The number of rotatable bonds is 5. The Balaban J connectivity index is 1.39. The number of alkyl halides is 3. The number of pyridine rings is 1. The van der Waals surface area contributed by atoms with Gasteiger partial charge in [-0.3, -0.25) is 4.90 Å². The number of hydrogen-bond donors (Lipinski definition) is 1. The summed E-state index contributed by atoms with van der Waals surface area (Å²) in [4.78, 5) is 34.9. The summed E-state index contributed by atoms with van der Waals surface area (Å²) in [5.74, 6) is 0.607. The Hall–Kier alpha value is -3.54. The van der Waals surface area contributed by atoms with Gasteiger partial charge in [-0.2, -0.15) is 13.2 Å². The molecule has 38 heavy (non-hydrogen) atoms. The molecule has 0 radical (unpaired) electrons. The average Bonchev–Trinajstić information content (AvgIpc) is 3.53. The fourth-order valence-electron chi connectivity index (χ4n) is 5.08. The maximum absolute atomic E-state index is 12.8. The molecule has 12 heteroatoms. The van der Waals surface area contributed by atoms with Crippen LogP contribution in [0.15, 0.2) is 30.3 Å². The quantitative estimate of drug-likeness (QED) is 0.602. The number of likely N-dealkylation sites (tertiary alicyclic amines) is 1. The molecule has 2 aromatic rings. The lowest BCUT2D eigenvalue weighted by atomic mass is 10.00. The van der Waals surface area contributed by atoms with Crippen LogP contribution in [-0.4, -0.2) is 80.7 Å². The van der Waals surface area contributed by atoms with Crippen molar-refractivity contribution in [2.45, 2.75) is 25.9 Å². The van der Waals surface area contributed by atoms with Crippen LogP contribution in [0.2, 0.25) is 0 Å². The number of cyclic esters (lactones) is 1. The Morgan fingerprint density at radius 3 is 2.55 bits per heavy atom. The van der Waals surface area contributed by atoms with E-state index in [4.69, 9.17) is 14.5 Å². The number of carbonyl (C=O) groups excluding carboxylic acids is 2. The third-order valence-electron chi connectivity index (χ3n) is 7.06. The maximum Gasteiger partial charge on any atom is 0.415 e. The summed E-state index contributed by atoms with van der Waals surface area (Å²) in [6, 6.07) is 8.83. The van der Waals surface area contributed by atoms with Crippen LogP contribution < -0.4 is 15.1 Å². The average molecular weight is 534 g/mol. The van der Waals surface area contributed by atoms with Gasteiger partial charge < -0.3 is 24.6 Å². The van der Waals surface area contributed by atoms with E-state index < -0.39 is 30.6 Å². The Morgan fingerprint density at radius 1 is 1.08 bits per heavy atom. The van der Waals surface area contributed by atoms with E-state index in [1.807, 2.05) is 31.2 Å². The molecule has 1 atom stereocenters. The predicted molar refractivity (Wildman–Crippen MR) is 136 cm³/mol. The standard InChI is InChI=1S/C26H30F3N5O4/c1-17-2-3-20(30-24(35)33-5-4-18(16-33)15-26(27,28)29)14-21(17)19-12-22(32-6-9-37-10-7-32)31-23(13-19)34-8-11-38-25(34)36/h2-3,12-14,18H,4-11,15-16H2,1H3,(H,30,35). The van der Waals surface area contributed by atoms with E-state index in [1.54, 1.807) is 6.07 Å². The van der Waals surface area contributed by atoms with Crippen LogP contribution in [0.1, 0.15) is 18.4 Å². The van der Waals surface area contributed by atoms with Gasteiger partial charge in [0.15, 0.2) is 0 Å². The molecule has 3 fully saturated rings. The van der Waals surface area contributed by atoms with Gasteiger partial charge in [0.2, 0.25) is 0 Å². The minimum atomic E-state index is -4.24. The van der Waals surface area contributed by atoms with Crippen LogP contribution in [0.3, 0.4) is 0 Å². The van der Waals surface area contributed by atoms with E-state index in [0.29, 0.717) is 63.2 Å². The Kier molecular flexibility index (Phi) is 7.33. The fraction of sp³-hybridized carbons (Fsp3) is 0.500. The Bertz CT molecular complexity index is 1200. The van der Waals surface area contributed by atoms with Gasteiger partial charge in [-0.25, -0.2) is 14.6 Å². The number of nitrogens with zero attached hydrogens (tertiary/aromatic N) is 4. The van der Waals surface area contributed by atoms with Crippen molar-refractivity contribution in [2.24, 2.45) is 5.92 Å². The van der Waals surface area contributed by atoms with Crippen LogP contribution in [-0.2, 0) is 9.47 Å². The summed E-state index contributed by atoms with van der Waals surface area (Å²) in [5, 5.41) is 2.84. The SMILES string of the molecule is Cc1ccc(NC(=O)N2CCC(CC(F)(F)F)C2)cc1-c1cc(N2CCOCC2)nc(N2CCOC2=O)c1. The van der Waals surface area contributed by atoms with Gasteiger partial charge in [0.05, 0.1) is 19.8 Å². The molecular weight excluding hydrogens is 503 g/mol. The van der Waals surface area contributed by atoms with Crippen LogP contribution in [0.5, 0.6) is 0 Å². The Morgan fingerprint density at radius 2 is 1.84 bits per heavy atom. The lowest BCUT2D eigenvalue weighted by Gasteiger charge is -2.29. The zero-order chi connectivity index (χ0) is 26.9. The minimum absolute atomic E-state index is 0.0760. The number of morpholine rings is 1. The lowest BCUT2D eigenvalue weighted by molar-refractivity contribution is -0.143. The highest BCUT2D eigenvalue weighted by molar-refractivity contribution is 5.92. The molecule has 1 unspecified atom stereocenters. The summed E-state index contributed by atoms with van der Waals surface area (Å²) in [6.45, 7) is 5.49. The van der Waals surface area contributed by atoms with Gasteiger partial charge in [0.1, 0.15) is 18.2 Å². The highest BCUT2D eigenvalue weighted by atomic mass is 19.4. The summed E-state index contributed by atoms with van der Waals surface area (Å²) in [6.07, 6.45) is -5.24. The third-order valence-corrected chi connectivity index (χ3v) is 7.06. The molecule has 1 aromatic carbocycles. The Labute approximate surface area is 218 Å². The van der Waals surface area contributed by atoms with E-state index in [1.165, 1.54) is 9.80 Å². The van der Waals surface area contributed by atoms with E-state index in [0.717, 1.165) is 16.7 Å². The van der Waals surface area contributed by atoms with Gasteiger partial charge in [0, 0.05) is 38.3 Å². The molecule has 5 rings (SSSR count). The van der Waals surface area contributed by atoms with Gasteiger partial charge in [0.25, 0.3) is 0 Å². The highest BCUT2D eigenvalue weighted by Gasteiger charge is 2.36. The molecule has 0 saturated carbocycles. The van der Waals surface area contributed by atoms with E-state index in [-0.39, 0.29) is 13.1 Å². The molecule has 9 nitrogen and oxygen atoms in total. The molecular formula is C26H30F3N5O4. The summed E-state index contributed by atoms with van der Waals surface area (Å²) >= 11 is 0. The predicted octanol–water partition coefficient (Wildman–Crippen LogP) is 4.66. The maximum atomic E-state index is 12.8. The smallest absolute Gasteiger partial charge is 0.415 e. The fourth-order valence-corrected chi connectivity index (χ4v) is 5.08. The molecule has 4 heterocycles. The monoisotopic (exact) mass is 533 g/mol. The van der Waals surface area contributed by atoms with Gasteiger partial charge in [-0.15, -0.1) is 0 Å². The number of ether oxygens (including phenoxy) is 2. The van der Waals surface area contributed by atoms with Crippen molar-refractivity contribution in [3.63, 3.8) is 0 Å². The number of aryl methyl sites for hydroxylation is 1. The number of aromatic nitrogens is 1. The van der Waals surface area contributed by atoms with Crippen LogP contribution >= 0.6 is 0 Å². The van der Waals surface area contributed by atoms with Crippen molar-refractivity contribution in [1.29, 1.82) is 0 Å². The number of carbonyl (C=O) groups is 2. The number of amides is 3. The molecule has 3 amide bonds. The normalized spacial score (nSPS) is 20.2. The van der Waals surface area contributed by atoms with E-state index in [9.17, 15) is 22.8 Å². The van der Waals surface area contributed by atoms with Crippen molar-refractivity contribution < 1.29 is 32.2 Å². The molecule has 3 saturated heterocycles. The lowest BCUT2D eigenvalue weighted by Crippen LogP contribution is -2.37. The van der Waals surface area contributed by atoms with Gasteiger partial charge in [-0.1, -0.05) is 6.07 Å². The molecule has 3 aliphatic heterocycles. The molecule has 0 aliphatic carbocycles. The first-order valence-electron chi connectivity index (χ1n) is 12.7. The van der Waals surface area contributed by atoms with Crippen molar-refractivity contribution in [3.05, 3.63) is 35.9 Å². The molecule has 1 N–H and O–H groups in total. The molecule has 0 spiro atoms. The summed E-state index contributed by atoms with van der Waals surface area (Å²) in [7, 11) is 0. The third kappa shape index (κ3) is 5.95. The van der Waals surface area contributed by atoms with Gasteiger partial charge >= 0.3 is 18.3 Å². The topological polar surface area (TPSA) is 87.2 Å². The van der Waals surface area contributed by atoms with Crippen LogP contribution in [0, 0.1) is 12.8 Å². The van der Waals surface area contributed by atoms with Crippen molar-refractivity contribution in [3.8, 4) is 11.1 Å². The van der Waals surface area contributed by atoms with E-state index >= 15 is 0 Å². The number of benzene rings is 1. The molecule has 204 valence electrons. The summed E-state index contributed by atoms with van der Waals surface area (Å²) < 4.78 is 48.9. The second-order valence-electron chi connectivity index (χ2n) is 9.82. The van der Waals surface area contributed by atoms with Crippen LogP contribution in [0.4, 0.5) is 40.1 Å². The second kappa shape index (κ2) is 10.7. The highest BCUT2D eigenvalue weighted by Crippen LogP contribution is 2.34. The molecule has 0 bridgehead atoms. The number of hydrogen-bond acceptors (Lipinski definition) is 6. The molecule has 3 aliphatic rings. The van der Waals surface area contributed by atoms with Crippen molar-refractivity contribution >= 4 is 29.4 Å². The zero-order valence-corrected chi connectivity index (χ0v) is 21.1. The van der Waals surface area contributed by atoms with Gasteiger partial charge in [-0.05, 0) is 60.2 Å². The van der Waals surface area contributed by atoms with E-state index in [2.05, 4.69) is 10.2 Å². The summed E-state index contributed by atoms with van der Waals surface area (Å²) in [5.41, 5.74) is 3.13.